The van der Waals surface area contributed by atoms with Gasteiger partial charge >= 0.3 is 6.30 Å². The molecule has 15 heteroatoms. The van der Waals surface area contributed by atoms with E-state index in [4.69, 9.17) is 0 Å². The van der Waals surface area contributed by atoms with Crippen molar-refractivity contribution in [3.63, 3.8) is 0 Å². The minimum atomic E-state index is -5.03. The number of thiazole rings is 1. The van der Waals surface area contributed by atoms with Crippen LogP contribution in [-0.2, 0) is 0 Å². The lowest BCUT2D eigenvalue weighted by molar-refractivity contribution is -0.122. The number of rotatable bonds is 10. The Balaban J connectivity index is 1.18. The number of carbonyl (C=O) groups is 2. The lowest BCUT2D eigenvalue weighted by atomic mass is 10.1. The second kappa shape index (κ2) is 13.8. The first-order valence-electron chi connectivity index (χ1n) is 15.7. The second-order valence-corrected chi connectivity index (χ2v) is 12.8. The van der Waals surface area contributed by atoms with E-state index >= 15 is 0 Å². The lowest BCUT2D eigenvalue weighted by Gasteiger charge is -2.35. The first-order valence-corrected chi connectivity index (χ1v) is 16.5. The molecule has 6 rings (SSSR count). The van der Waals surface area contributed by atoms with Crippen molar-refractivity contribution >= 4 is 57.0 Å². The van der Waals surface area contributed by atoms with Crippen LogP contribution in [0.25, 0.3) is 0 Å². The van der Waals surface area contributed by atoms with Crippen LogP contribution in [0.4, 0.5) is 47.0 Å². The molecule has 2 fully saturated rings. The number of piperazine rings is 1. The molecule has 1 saturated heterocycles. The molecule has 3 heterocycles. The number of halogens is 3. The molecule has 2 aromatic heterocycles. The smallest absolute Gasteiger partial charge is 0.369 e. The molecule has 4 aromatic rings. The second-order valence-electron chi connectivity index (χ2n) is 11.8. The van der Waals surface area contributed by atoms with Gasteiger partial charge < -0.3 is 25.8 Å². The van der Waals surface area contributed by atoms with Gasteiger partial charge in [-0.15, -0.1) is 13.2 Å². The Bertz CT molecular complexity index is 1800. The van der Waals surface area contributed by atoms with Gasteiger partial charge in [0.25, 0.3) is 11.8 Å². The van der Waals surface area contributed by atoms with Crippen LogP contribution in [0.2, 0.25) is 0 Å². The van der Waals surface area contributed by atoms with Crippen molar-refractivity contribution in [3.05, 3.63) is 76.6 Å². The lowest BCUT2D eigenvalue weighted by Crippen LogP contribution is -2.46. The predicted octanol–water partition coefficient (Wildman–Crippen LogP) is 6.43. The number of anilines is 6. The maximum atomic E-state index is 14.5. The first kappa shape index (κ1) is 33.2. The third-order valence-corrected chi connectivity index (χ3v) is 9.11. The zero-order valence-corrected chi connectivity index (χ0v) is 27.6. The molecule has 11 nitrogen and oxygen atoms in total. The van der Waals surface area contributed by atoms with Gasteiger partial charge in [-0.1, -0.05) is 30.4 Å². The minimum absolute atomic E-state index is 0.0899. The Morgan fingerprint density at radius 2 is 1.75 bits per heavy atom. The van der Waals surface area contributed by atoms with Gasteiger partial charge in [-0.2, -0.15) is 0 Å². The molecule has 0 spiro atoms. The summed E-state index contributed by atoms with van der Waals surface area (Å²) in [6, 6.07) is 12.3. The molecular weight excluding hydrogens is 643 g/mol. The highest BCUT2D eigenvalue weighted by Gasteiger charge is 2.43. The zero-order chi connectivity index (χ0) is 34.0. The Kier molecular flexibility index (Phi) is 9.51. The van der Waals surface area contributed by atoms with Gasteiger partial charge in [0.15, 0.2) is 5.13 Å². The standard InChI is InChI=1S/C33H36F3N9O2S/c1-4-43-12-14-44(15-13-43)24-7-5-6-22(16-24)31(47)45(33(34,35)36)25-11-8-20(2)26(17-25)41-30(46)27-19-37-32(48-27)42-29-18-28(38-21(3)39-29)40-23-9-10-23/h5-8,11,16-19,23H,4,9-10,12-15H2,1-3H3,(H,41,46)(H2,37,38,39,40,42). The summed E-state index contributed by atoms with van der Waals surface area (Å²) in [5, 5.41) is 9.51. The highest BCUT2D eigenvalue weighted by atomic mass is 32.1. The summed E-state index contributed by atoms with van der Waals surface area (Å²) in [4.78, 5) is 44.1. The number of alkyl halides is 3. The number of nitrogens with zero attached hydrogens (tertiary/aromatic N) is 6. The number of carbonyl (C=O) groups excluding carboxylic acids is 2. The number of amides is 2. The third kappa shape index (κ3) is 7.85. The van der Waals surface area contributed by atoms with Gasteiger partial charge in [0, 0.05) is 55.2 Å². The van der Waals surface area contributed by atoms with E-state index in [1.807, 2.05) is 0 Å². The molecule has 2 amide bonds. The molecule has 3 N–H and O–H groups in total. The molecule has 252 valence electrons. The Hall–Kier alpha value is -4.76. The molecule has 0 atom stereocenters. The SMILES string of the molecule is CCN1CCN(c2cccc(C(=O)N(c3ccc(C)c(NC(=O)c4cnc(Nc5cc(NC6CC6)nc(C)n5)s4)c3)C(F)(F)F)c2)CC1. The van der Waals surface area contributed by atoms with E-state index in [1.54, 1.807) is 32.0 Å². The van der Waals surface area contributed by atoms with E-state index in [-0.39, 0.29) is 21.0 Å². The van der Waals surface area contributed by atoms with E-state index in [0.29, 0.717) is 53.0 Å². The van der Waals surface area contributed by atoms with Crippen molar-refractivity contribution in [1.82, 2.24) is 19.9 Å². The molecule has 1 aliphatic heterocycles. The van der Waals surface area contributed by atoms with Crippen LogP contribution in [0.5, 0.6) is 0 Å². The summed E-state index contributed by atoms with van der Waals surface area (Å²) < 4.78 is 43.5. The zero-order valence-electron chi connectivity index (χ0n) is 26.8. The van der Waals surface area contributed by atoms with Crippen molar-refractivity contribution in [2.45, 2.75) is 46.0 Å². The van der Waals surface area contributed by atoms with Gasteiger partial charge in [-0.3, -0.25) is 9.59 Å². The Morgan fingerprint density at radius 1 is 1.00 bits per heavy atom. The molecule has 0 radical (unpaired) electrons. The number of likely N-dealkylation sites (N-methyl/N-ethyl adjacent to an activating group) is 1. The number of hydrogen-bond acceptors (Lipinski definition) is 10. The summed E-state index contributed by atoms with van der Waals surface area (Å²) in [7, 11) is 0. The van der Waals surface area contributed by atoms with Gasteiger partial charge in [0.05, 0.1) is 11.9 Å². The molecule has 0 bridgehead atoms. The summed E-state index contributed by atoms with van der Waals surface area (Å²) in [6.45, 7) is 9.55. The van der Waals surface area contributed by atoms with Crippen molar-refractivity contribution in [2.75, 3.05) is 58.5 Å². The molecule has 1 aliphatic carbocycles. The molecular formula is C33H36F3N9O2S. The highest BCUT2D eigenvalue weighted by Crippen LogP contribution is 2.34. The first-order chi connectivity index (χ1) is 23.0. The number of nitrogens with one attached hydrogen (secondary N) is 3. The van der Waals surface area contributed by atoms with Crippen LogP contribution in [0.3, 0.4) is 0 Å². The largest absolute Gasteiger partial charge is 0.491 e. The summed E-state index contributed by atoms with van der Waals surface area (Å²) in [6.07, 6.45) is -1.47. The molecule has 2 aromatic carbocycles. The maximum Gasteiger partial charge on any atom is 0.491 e. The Labute approximate surface area is 280 Å². The third-order valence-electron chi connectivity index (χ3n) is 8.19. The fourth-order valence-electron chi connectivity index (χ4n) is 5.42. The van der Waals surface area contributed by atoms with Crippen LogP contribution in [0.1, 0.15) is 51.2 Å². The van der Waals surface area contributed by atoms with Crippen molar-refractivity contribution < 1.29 is 22.8 Å². The van der Waals surface area contributed by atoms with E-state index in [1.165, 1.54) is 30.5 Å². The Morgan fingerprint density at radius 3 is 2.46 bits per heavy atom. The summed E-state index contributed by atoms with van der Waals surface area (Å²) in [5.74, 6) is -0.000612. The van der Waals surface area contributed by atoms with Crippen molar-refractivity contribution in [1.29, 1.82) is 0 Å². The average molecular weight is 680 g/mol. The van der Waals surface area contributed by atoms with Gasteiger partial charge in [-0.05, 0) is 69.1 Å². The fraction of sp³-hybridized carbons (Fsp3) is 0.364. The average Bonchev–Trinajstić information content (AvgIpc) is 3.75. The molecule has 2 aliphatic rings. The van der Waals surface area contributed by atoms with E-state index in [2.05, 4.69) is 47.6 Å². The van der Waals surface area contributed by atoms with E-state index in [9.17, 15) is 22.8 Å². The quantitative estimate of drug-likeness (QED) is 0.163. The molecule has 0 unspecified atom stereocenters. The van der Waals surface area contributed by atoms with Crippen molar-refractivity contribution in [2.24, 2.45) is 0 Å². The van der Waals surface area contributed by atoms with Gasteiger partial charge in [-0.25, -0.2) is 19.9 Å². The van der Waals surface area contributed by atoms with E-state index < -0.39 is 23.8 Å². The number of aryl methyl sites for hydroxylation is 2. The van der Waals surface area contributed by atoms with Crippen LogP contribution < -0.4 is 25.8 Å². The van der Waals surface area contributed by atoms with Crippen LogP contribution in [0.15, 0.2) is 54.7 Å². The molecule has 48 heavy (non-hydrogen) atoms. The van der Waals surface area contributed by atoms with E-state index in [0.717, 1.165) is 49.9 Å². The fourth-order valence-corrected chi connectivity index (χ4v) is 6.14. The van der Waals surface area contributed by atoms with Crippen LogP contribution in [0, 0.1) is 13.8 Å². The maximum absolute atomic E-state index is 14.5. The minimum Gasteiger partial charge on any atom is -0.369 e. The van der Waals surface area contributed by atoms with Gasteiger partial charge in [0.1, 0.15) is 22.3 Å². The summed E-state index contributed by atoms with van der Waals surface area (Å²) >= 11 is 1.06. The number of hydrogen-bond donors (Lipinski definition) is 3. The summed E-state index contributed by atoms with van der Waals surface area (Å²) in [5.41, 5.74) is 0.834. The van der Waals surface area contributed by atoms with Crippen molar-refractivity contribution in [3.8, 4) is 0 Å². The van der Waals surface area contributed by atoms with Crippen LogP contribution >= 0.6 is 11.3 Å². The van der Waals surface area contributed by atoms with Crippen LogP contribution in [-0.4, -0.2) is 76.7 Å². The normalized spacial score (nSPS) is 15.2. The van der Waals surface area contributed by atoms with Gasteiger partial charge in [0.2, 0.25) is 0 Å². The number of benzene rings is 2. The highest BCUT2D eigenvalue weighted by molar-refractivity contribution is 7.17. The number of aromatic nitrogens is 3. The monoisotopic (exact) mass is 679 g/mol. The predicted molar refractivity (Wildman–Crippen MR) is 182 cm³/mol. The molecule has 1 saturated carbocycles. The topological polar surface area (TPSA) is 119 Å².